The molecule has 0 unspecified atom stereocenters. The molecule has 2 aromatic carbocycles. The zero-order chi connectivity index (χ0) is 18.0. The molecular formula is C19H19NO5. The van der Waals surface area contributed by atoms with Crippen LogP contribution in [-0.4, -0.2) is 26.7 Å². The van der Waals surface area contributed by atoms with Gasteiger partial charge in [0.25, 0.3) is 0 Å². The summed E-state index contributed by atoms with van der Waals surface area (Å²) in [5.41, 5.74) is 0.812. The van der Waals surface area contributed by atoms with Crippen LogP contribution >= 0.6 is 0 Å². The second-order valence-electron chi connectivity index (χ2n) is 5.64. The number of hydrogen-bond donors (Lipinski definition) is 1. The largest absolute Gasteiger partial charge is 0.493 e. The SMILES string of the molecule is COc1cc(CCNC(C)=O)c2oc(=O)c3ccccc3c2c1OC. The van der Waals surface area contributed by atoms with Gasteiger partial charge in [-0.1, -0.05) is 18.2 Å². The molecule has 6 nitrogen and oxygen atoms in total. The molecule has 25 heavy (non-hydrogen) atoms. The molecule has 0 saturated carbocycles. The Morgan fingerprint density at radius 2 is 1.88 bits per heavy atom. The van der Waals surface area contributed by atoms with E-state index >= 15 is 0 Å². The van der Waals surface area contributed by atoms with Crippen LogP contribution in [0.4, 0.5) is 0 Å². The van der Waals surface area contributed by atoms with Gasteiger partial charge < -0.3 is 19.2 Å². The standard InChI is InChI=1S/C19H19NO5/c1-11(21)20-9-8-12-10-15(23-2)18(24-3)16-13-6-4-5-7-14(13)19(22)25-17(12)16/h4-7,10H,8-9H2,1-3H3,(H,20,21). The van der Waals surface area contributed by atoms with Crippen LogP contribution in [0, 0.1) is 0 Å². The van der Waals surface area contributed by atoms with Crippen molar-refractivity contribution < 1.29 is 18.7 Å². The van der Waals surface area contributed by atoms with Crippen molar-refractivity contribution in [1.82, 2.24) is 5.32 Å². The molecule has 6 heteroatoms. The van der Waals surface area contributed by atoms with Gasteiger partial charge in [0, 0.05) is 24.4 Å². The first-order valence-corrected chi connectivity index (χ1v) is 7.90. The molecule has 0 aliphatic rings. The van der Waals surface area contributed by atoms with Crippen molar-refractivity contribution >= 4 is 27.6 Å². The highest BCUT2D eigenvalue weighted by Crippen LogP contribution is 2.40. The van der Waals surface area contributed by atoms with Gasteiger partial charge in [-0.3, -0.25) is 4.79 Å². The number of hydrogen-bond acceptors (Lipinski definition) is 5. The van der Waals surface area contributed by atoms with E-state index < -0.39 is 5.63 Å². The summed E-state index contributed by atoms with van der Waals surface area (Å²) in [6, 6.07) is 9.00. The van der Waals surface area contributed by atoms with Crippen molar-refractivity contribution in [1.29, 1.82) is 0 Å². The molecule has 1 N–H and O–H groups in total. The van der Waals surface area contributed by atoms with Gasteiger partial charge in [0.05, 0.1) is 25.0 Å². The van der Waals surface area contributed by atoms with Gasteiger partial charge in [0.15, 0.2) is 11.5 Å². The molecule has 3 aromatic rings. The summed E-state index contributed by atoms with van der Waals surface area (Å²) >= 11 is 0. The van der Waals surface area contributed by atoms with Gasteiger partial charge in [-0.2, -0.15) is 0 Å². The summed E-state index contributed by atoms with van der Waals surface area (Å²) in [6.45, 7) is 1.89. The van der Waals surface area contributed by atoms with Gasteiger partial charge in [-0.15, -0.1) is 0 Å². The van der Waals surface area contributed by atoms with E-state index in [4.69, 9.17) is 13.9 Å². The van der Waals surface area contributed by atoms with E-state index in [-0.39, 0.29) is 5.91 Å². The number of fused-ring (bicyclic) bond motifs is 3. The summed E-state index contributed by atoms with van der Waals surface area (Å²) in [6.07, 6.45) is 0.498. The van der Waals surface area contributed by atoms with Gasteiger partial charge >= 0.3 is 5.63 Å². The van der Waals surface area contributed by atoms with Gasteiger partial charge in [-0.05, 0) is 18.6 Å². The highest BCUT2D eigenvalue weighted by Gasteiger charge is 2.19. The number of benzene rings is 2. The first-order valence-electron chi connectivity index (χ1n) is 7.90. The molecule has 1 aromatic heterocycles. The molecule has 0 saturated heterocycles. The van der Waals surface area contributed by atoms with E-state index in [1.54, 1.807) is 32.4 Å². The quantitative estimate of drug-likeness (QED) is 0.570. The van der Waals surface area contributed by atoms with Crippen molar-refractivity contribution in [2.75, 3.05) is 20.8 Å². The lowest BCUT2D eigenvalue weighted by atomic mass is 10.0. The monoisotopic (exact) mass is 341 g/mol. The molecule has 0 radical (unpaired) electrons. The summed E-state index contributed by atoms with van der Waals surface area (Å²) in [4.78, 5) is 23.5. The minimum atomic E-state index is -0.406. The molecule has 0 fully saturated rings. The maximum atomic E-state index is 12.4. The second-order valence-corrected chi connectivity index (χ2v) is 5.64. The molecule has 3 rings (SSSR count). The van der Waals surface area contributed by atoms with Crippen LogP contribution in [0.5, 0.6) is 11.5 Å². The maximum absolute atomic E-state index is 12.4. The molecule has 0 aliphatic carbocycles. The minimum Gasteiger partial charge on any atom is -0.493 e. The van der Waals surface area contributed by atoms with Crippen molar-refractivity contribution in [3.63, 3.8) is 0 Å². The van der Waals surface area contributed by atoms with E-state index in [0.29, 0.717) is 40.8 Å². The molecule has 0 bridgehead atoms. The molecule has 1 amide bonds. The van der Waals surface area contributed by atoms with Crippen LogP contribution in [0.3, 0.4) is 0 Å². The summed E-state index contributed by atoms with van der Waals surface area (Å²) in [7, 11) is 3.11. The van der Waals surface area contributed by atoms with Crippen LogP contribution in [0.2, 0.25) is 0 Å². The summed E-state index contributed by atoms with van der Waals surface area (Å²) in [5.74, 6) is 0.948. The molecule has 0 spiro atoms. The van der Waals surface area contributed by atoms with Gasteiger partial charge in [0.1, 0.15) is 5.58 Å². The molecular weight excluding hydrogens is 322 g/mol. The molecule has 0 atom stereocenters. The Morgan fingerprint density at radius 3 is 2.52 bits per heavy atom. The zero-order valence-electron chi connectivity index (χ0n) is 14.3. The summed E-state index contributed by atoms with van der Waals surface area (Å²) < 4.78 is 16.6. The van der Waals surface area contributed by atoms with Crippen molar-refractivity contribution in [2.24, 2.45) is 0 Å². The number of carbonyl (C=O) groups is 1. The fraction of sp³-hybridized carbons (Fsp3) is 0.263. The predicted octanol–water partition coefficient (Wildman–Crippen LogP) is 2.64. The second kappa shape index (κ2) is 6.84. The Bertz CT molecular complexity index is 1010. The molecule has 130 valence electrons. The lowest BCUT2D eigenvalue weighted by molar-refractivity contribution is -0.118. The predicted molar refractivity (Wildman–Crippen MR) is 95.5 cm³/mol. The highest BCUT2D eigenvalue weighted by atomic mass is 16.5. The lowest BCUT2D eigenvalue weighted by Gasteiger charge is -2.15. The van der Waals surface area contributed by atoms with Crippen LogP contribution in [0.15, 0.2) is 39.5 Å². The number of nitrogens with one attached hydrogen (secondary N) is 1. The topological polar surface area (TPSA) is 77.8 Å². The third-order valence-electron chi connectivity index (χ3n) is 4.08. The van der Waals surface area contributed by atoms with Crippen LogP contribution in [0.25, 0.3) is 21.7 Å². The number of methoxy groups -OCH3 is 2. The number of amides is 1. The zero-order valence-corrected chi connectivity index (χ0v) is 14.3. The van der Waals surface area contributed by atoms with E-state index in [1.165, 1.54) is 6.92 Å². The van der Waals surface area contributed by atoms with Crippen molar-refractivity contribution in [3.8, 4) is 11.5 Å². The van der Waals surface area contributed by atoms with E-state index in [2.05, 4.69) is 5.32 Å². The average molecular weight is 341 g/mol. The Kier molecular flexibility index (Phi) is 4.61. The fourth-order valence-electron chi connectivity index (χ4n) is 2.98. The average Bonchev–Trinajstić information content (AvgIpc) is 2.61. The lowest BCUT2D eigenvalue weighted by Crippen LogP contribution is -2.22. The Balaban J connectivity index is 2.33. The van der Waals surface area contributed by atoms with Crippen molar-refractivity contribution in [3.05, 3.63) is 46.3 Å². The number of ether oxygens (including phenoxy) is 2. The highest BCUT2D eigenvalue weighted by molar-refractivity contribution is 6.09. The third kappa shape index (κ3) is 3.03. The third-order valence-corrected chi connectivity index (χ3v) is 4.08. The van der Waals surface area contributed by atoms with E-state index in [0.717, 1.165) is 10.9 Å². The van der Waals surface area contributed by atoms with Crippen LogP contribution < -0.4 is 20.4 Å². The first kappa shape index (κ1) is 16.8. The number of carbonyl (C=O) groups excluding carboxylic acids is 1. The van der Waals surface area contributed by atoms with Gasteiger partial charge in [0.2, 0.25) is 5.91 Å². The van der Waals surface area contributed by atoms with E-state index in [9.17, 15) is 9.59 Å². The van der Waals surface area contributed by atoms with Gasteiger partial charge in [-0.25, -0.2) is 4.79 Å². The molecule has 0 aliphatic heterocycles. The molecule has 1 heterocycles. The smallest absolute Gasteiger partial charge is 0.344 e. The minimum absolute atomic E-state index is 0.114. The summed E-state index contributed by atoms with van der Waals surface area (Å²) in [5, 5.41) is 4.66. The van der Waals surface area contributed by atoms with Crippen LogP contribution in [0.1, 0.15) is 12.5 Å². The number of rotatable bonds is 5. The van der Waals surface area contributed by atoms with E-state index in [1.807, 2.05) is 12.1 Å². The normalized spacial score (nSPS) is 10.8. The maximum Gasteiger partial charge on any atom is 0.344 e. The Labute approximate surface area is 144 Å². The Hall–Kier alpha value is -3.02. The van der Waals surface area contributed by atoms with Crippen LogP contribution in [-0.2, 0) is 11.2 Å². The Morgan fingerprint density at radius 1 is 1.16 bits per heavy atom. The van der Waals surface area contributed by atoms with Crippen molar-refractivity contribution in [2.45, 2.75) is 13.3 Å². The fourth-order valence-corrected chi connectivity index (χ4v) is 2.98. The first-order chi connectivity index (χ1) is 12.1.